The van der Waals surface area contributed by atoms with Crippen LogP contribution in [0, 0.1) is 6.92 Å². The average Bonchev–Trinajstić information content (AvgIpc) is 3.07. The highest BCUT2D eigenvalue weighted by Crippen LogP contribution is 2.28. The fraction of sp³-hybridized carbons (Fsp3) is 0.278. The number of benzene rings is 4. The van der Waals surface area contributed by atoms with Crippen molar-refractivity contribution >= 4 is 50.7 Å². The lowest BCUT2D eigenvalue weighted by molar-refractivity contribution is -0.140. The summed E-state index contributed by atoms with van der Waals surface area (Å²) in [4.78, 5) is 29.7. The summed E-state index contributed by atoms with van der Waals surface area (Å²) in [5.41, 5.74) is 2.71. The van der Waals surface area contributed by atoms with E-state index in [2.05, 4.69) is 5.32 Å². The van der Waals surface area contributed by atoms with Crippen LogP contribution in [0.15, 0.2) is 102 Å². The average molecular weight is 697 g/mol. The van der Waals surface area contributed by atoms with Gasteiger partial charge >= 0.3 is 0 Å². The number of rotatable bonds is 15. The lowest BCUT2D eigenvalue weighted by Crippen LogP contribution is -2.53. The Kier molecular flexibility index (Phi) is 12.7. The second kappa shape index (κ2) is 16.7. The molecule has 248 valence electrons. The molecule has 0 aromatic heterocycles. The van der Waals surface area contributed by atoms with Crippen molar-refractivity contribution in [2.24, 2.45) is 0 Å². The Balaban J connectivity index is 1.79. The molecule has 0 saturated carbocycles. The number of sulfonamides is 1. The first-order valence-corrected chi connectivity index (χ1v) is 17.6. The Hall–Kier alpha value is -4.05. The van der Waals surface area contributed by atoms with Crippen LogP contribution >= 0.6 is 23.2 Å². The number of amides is 2. The van der Waals surface area contributed by atoms with Gasteiger partial charge in [-0.15, -0.1) is 0 Å². The van der Waals surface area contributed by atoms with Gasteiger partial charge in [-0.2, -0.15) is 0 Å². The van der Waals surface area contributed by atoms with E-state index in [-0.39, 0.29) is 23.8 Å². The van der Waals surface area contributed by atoms with Gasteiger partial charge in [-0.25, -0.2) is 8.42 Å². The number of nitrogens with zero attached hydrogens (tertiary/aromatic N) is 2. The summed E-state index contributed by atoms with van der Waals surface area (Å²) >= 11 is 12.5. The van der Waals surface area contributed by atoms with Crippen LogP contribution < -0.4 is 14.4 Å². The molecule has 0 aliphatic rings. The Labute approximate surface area is 287 Å². The minimum Gasteiger partial charge on any atom is -0.494 e. The number of ether oxygens (including phenoxy) is 1. The molecule has 0 unspecified atom stereocenters. The van der Waals surface area contributed by atoms with E-state index in [0.717, 1.165) is 15.4 Å². The van der Waals surface area contributed by atoms with Crippen molar-refractivity contribution in [2.75, 3.05) is 24.0 Å². The molecular formula is C36H39Cl2N3O5S. The van der Waals surface area contributed by atoms with Gasteiger partial charge in [0.2, 0.25) is 11.8 Å². The van der Waals surface area contributed by atoms with E-state index in [4.69, 9.17) is 27.9 Å². The zero-order valence-corrected chi connectivity index (χ0v) is 29.0. The fourth-order valence-corrected chi connectivity index (χ4v) is 6.73. The van der Waals surface area contributed by atoms with Gasteiger partial charge in [-0.1, -0.05) is 84.2 Å². The Morgan fingerprint density at radius 2 is 1.53 bits per heavy atom. The normalized spacial score (nSPS) is 11.9. The number of hydrogen-bond acceptors (Lipinski definition) is 5. The first kappa shape index (κ1) is 35.8. The first-order valence-electron chi connectivity index (χ1n) is 15.4. The summed E-state index contributed by atoms with van der Waals surface area (Å²) in [5.74, 6) is -0.391. The highest BCUT2D eigenvalue weighted by atomic mass is 35.5. The molecule has 1 atom stereocenters. The maximum absolute atomic E-state index is 14.5. The lowest BCUT2D eigenvalue weighted by Gasteiger charge is -2.34. The second-order valence-electron chi connectivity index (χ2n) is 11.0. The molecular weight excluding hydrogens is 657 g/mol. The summed E-state index contributed by atoms with van der Waals surface area (Å²) in [7, 11) is -4.24. The summed E-state index contributed by atoms with van der Waals surface area (Å²) in [6.07, 6.45) is 0.908. The molecule has 0 aliphatic carbocycles. The maximum atomic E-state index is 14.5. The van der Waals surface area contributed by atoms with E-state index < -0.39 is 28.5 Å². The summed E-state index contributed by atoms with van der Waals surface area (Å²) < 4.78 is 35.0. The minimum atomic E-state index is -4.24. The van der Waals surface area contributed by atoms with Gasteiger partial charge in [0.15, 0.2) is 0 Å². The molecule has 4 aromatic carbocycles. The maximum Gasteiger partial charge on any atom is 0.264 e. The van der Waals surface area contributed by atoms with Gasteiger partial charge in [0.05, 0.1) is 27.2 Å². The number of hydrogen-bond donors (Lipinski definition) is 1. The van der Waals surface area contributed by atoms with Crippen LogP contribution in [0.1, 0.15) is 37.0 Å². The van der Waals surface area contributed by atoms with Crippen LogP contribution in [0.25, 0.3) is 0 Å². The topological polar surface area (TPSA) is 96.0 Å². The fourth-order valence-electron chi connectivity index (χ4n) is 5.00. The molecule has 0 spiro atoms. The Morgan fingerprint density at radius 1 is 0.851 bits per heavy atom. The quantitative estimate of drug-likeness (QED) is 0.144. The molecule has 0 fully saturated rings. The molecule has 0 radical (unpaired) electrons. The molecule has 4 aromatic rings. The van der Waals surface area contributed by atoms with Crippen molar-refractivity contribution in [3.05, 3.63) is 124 Å². The van der Waals surface area contributed by atoms with Crippen LogP contribution in [0.3, 0.4) is 0 Å². The van der Waals surface area contributed by atoms with Crippen LogP contribution in [0.4, 0.5) is 5.69 Å². The number of carbonyl (C=O) groups excluding carboxylic acids is 2. The van der Waals surface area contributed by atoms with E-state index in [1.165, 1.54) is 17.0 Å². The predicted molar refractivity (Wildman–Crippen MR) is 188 cm³/mol. The third kappa shape index (κ3) is 9.50. The van der Waals surface area contributed by atoms with Crippen LogP contribution in [-0.4, -0.2) is 50.9 Å². The lowest BCUT2D eigenvalue weighted by atomic mass is 10.0. The minimum absolute atomic E-state index is 0.00751. The second-order valence-corrected chi connectivity index (χ2v) is 13.7. The zero-order valence-electron chi connectivity index (χ0n) is 26.7. The van der Waals surface area contributed by atoms with Crippen molar-refractivity contribution in [2.45, 2.75) is 51.1 Å². The smallest absolute Gasteiger partial charge is 0.264 e. The molecule has 4 rings (SSSR count). The van der Waals surface area contributed by atoms with Gasteiger partial charge in [0.25, 0.3) is 10.0 Å². The number of halogens is 2. The van der Waals surface area contributed by atoms with Crippen LogP contribution in [0.2, 0.25) is 10.0 Å². The number of carbonyl (C=O) groups is 2. The summed E-state index contributed by atoms with van der Waals surface area (Å²) in [5, 5.41) is 3.58. The highest BCUT2D eigenvalue weighted by molar-refractivity contribution is 7.92. The van der Waals surface area contributed by atoms with Gasteiger partial charge in [0, 0.05) is 19.5 Å². The number of anilines is 1. The van der Waals surface area contributed by atoms with Crippen LogP contribution in [0.5, 0.6) is 5.75 Å². The molecule has 47 heavy (non-hydrogen) atoms. The zero-order chi connectivity index (χ0) is 34.0. The van der Waals surface area contributed by atoms with E-state index in [0.29, 0.717) is 46.6 Å². The molecule has 8 nitrogen and oxygen atoms in total. The SMILES string of the molecule is CCCNC(=O)[C@@H](Cc1ccccc1)N(Cc1ccc(Cl)c(Cl)c1)C(=O)CN(c1ccc(C)cc1)S(=O)(=O)c1ccc(OCC)cc1. The molecule has 11 heteroatoms. The van der Waals surface area contributed by atoms with Gasteiger partial charge < -0.3 is 15.0 Å². The van der Waals surface area contributed by atoms with Gasteiger partial charge in [-0.05, 0) is 79.9 Å². The molecule has 0 bridgehead atoms. The van der Waals surface area contributed by atoms with Crippen molar-refractivity contribution in [1.82, 2.24) is 10.2 Å². The van der Waals surface area contributed by atoms with Gasteiger partial charge in [0.1, 0.15) is 18.3 Å². The monoisotopic (exact) mass is 695 g/mol. The van der Waals surface area contributed by atoms with Gasteiger partial charge in [-0.3, -0.25) is 13.9 Å². The summed E-state index contributed by atoms with van der Waals surface area (Å²) in [6.45, 7) is 5.94. The third-order valence-corrected chi connectivity index (χ3v) is 10.0. The molecule has 0 aliphatic heterocycles. The Morgan fingerprint density at radius 3 is 2.15 bits per heavy atom. The Bertz CT molecular complexity index is 1750. The van der Waals surface area contributed by atoms with Crippen molar-refractivity contribution < 1.29 is 22.7 Å². The van der Waals surface area contributed by atoms with Crippen molar-refractivity contribution in [3.63, 3.8) is 0 Å². The van der Waals surface area contributed by atoms with Crippen molar-refractivity contribution in [1.29, 1.82) is 0 Å². The number of nitrogens with one attached hydrogen (secondary N) is 1. The summed E-state index contributed by atoms with van der Waals surface area (Å²) in [6, 6.07) is 26.4. The predicted octanol–water partition coefficient (Wildman–Crippen LogP) is 7.06. The molecule has 2 amide bonds. The molecule has 1 N–H and O–H groups in total. The van der Waals surface area contributed by atoms with E-state index in [1.807, 2.05) is 51.1 Å². The van der Waals surface area contributed by atoms with Crippen molar-refractivity contribution in [3.8, 4) is 5.75 Å². The molecule has 0 heterocycles. The number of aryl methyl sites for hydroxylation is 1. The first-order chi connectivity index (χ1) is 22.5. The van der Waals surface area contributed by atoms with E-state index in [1.54, 1.807) is 54.6 Å². The van der Waals surface area contributed by atoms with E-state index >= 15 is 0 Å². The standard InChI is InChI=1S/C36H39Cl2N3O5S/c1-4-21-39-36(43)34(23-27-9-7-6-8-10-27)40(24-28-13-20-32(37)33(38)22-28)35(42)25-41(29-14-11-26(3)12-15-29)47(44,45)31-18-16-30(17-19-31)46-5-2/h6-20,22,34H,4-5,21,23-25H2,1-3H3,(H,39,43)/t34-/m1/s1. The molecule has 0 saturated heterocycles. The van der Waals surface area contributed by atoms with Crippen LogP contribution in [-0.2, 0) is 32.6 Å². The third-order valence-electron chi connectivity index (χ3n) is 7.48. The highest BCUT2D eigenvalue weighted by Gasteiger charge is 2.34. The largest absolute Gasteiger partial charge is 0.494 e. The van der Waals surface area contributed by atoms with E-state index in [9.17, 15) is 18.0 Å².